The molecule has 2 aromatic rings. The summed E-state index contributed by atoms with van der Waals surface area (Å²) >= 11 is 6.11. The van der Waals surface area contributed by atoms with E-state index in [2.05, 4.69) is 0 Å². The first-order valence-electron chi connectivity index (χ1n) is 5.94. The summed E-state index contributed by atoms with van der Waals surface area (Å²) in [5, 5.41) is 9.82. The molecule has 3 nitrogen and oxygen atoms in total. The number of phenolic OH excluding ortho intramolecular Hbond substituents is 1. The van der Waals surface area contributed by atoms with Crippen LogP contribution >= 0.6 is 11.6 Å². The number of hydrogen-bond donors (Lipinski definition) is 1. The minimum Gasteiger partial charge on any atom is -0.508 e. The minimum atomic E-state index is 0.101. The normalized spacial score (nSPS) is 13.8. The van der Waals surface area contributed by atoms with Crippen LogP contribution in [0.1, 0.15) is 16.8 Å². The van der Waals surface area contributed by atoms with E-state index in [0.29, 0.717) is 29.4 Å². The number of halogens is 1. The molecule has 0 atom stereocenters. The lowest BCUT2D eigenvalue weighted by atomic mass is 9.99. The molecule has 0 saturated heterocycles. The summed E-state index contributed by atoms with van der Waals surface area (Å²) in [6.07, 6.45) is 0.423. The number of aromatic hydroxyl groups is 1. The summed E-state index contributed by atoms with van der Waals surface area (Å²) in [6.45, 7) is 0.415. The van der Waals surface area contributed by atoms with Gasteiger partial charge in [0.1, 0.15) is 11.5 Å². The summed E-state index contributed by atoms with van der Waals surface area (Å²) in [5.74, 6) is 0.820. The molecule has 0 aliphatic carbocycles. The van der Waals surface area contributed by atoms with Crippen LogP contribution in [0.25, 0.3) is 11.1 Å². The first-order chi connectivity index (χ1) is 9.15. The van der Waals surface area contributed by atoms with Crippen LogP contribution in [0.2, 0.25) is 5.02 Å². The van der Waals surface area contributed by atoms with Gasteiger partial charge in [-0.15, -0.1) is 0 Å². The SMILES string of the molecule is O=C1CCOc2cc(-c3ccc(O)cc3Cl)ccc21. The van der Waals surface area contributed by atoms with Crippen molar-refractivity contribution in [1.82, 2.24) is 0 Å². The van der Waals surface area contributed by atoms with Gasteiger partial charge in [0.05, 0.1) is 17.2 Å². The van der Waals surface area contributed by atoms with Crippen LogP contribution in [0.3, 0.4) is 0 Å². The fourth-order valence-electron chi connectivity index (χ4n) is 2.17. The Bertz CT molecular complexity index is 664. The Morgan fingerprint density at radius 1 is 1.11 bits per heavy atom. The highest BCUT2D eigenvalue weighted by molar-refractivity contribution is 6.33. The van der Waals surface area contributed by atoms with Gasteiger partial charge in [-0.2, -0.15) is 0 Å². The number of rotatable bonds is 1. The third-order valence-corrected chi connectivity index (χ3v) is 3.45. The van der Waals surface area contributed by atoms with E-state index < -0.39 is 0 Å². The average molecular weight is 275 g/mol. The number of Topliss-reactive ketones (excluding diaryl/α,β-unsaturated/α-hetero) is 1. The van der Waals surface area contributed by atoms with E-state index in [4.69, 9.17) is 16.3 Å². The lowest BCUT2D eigenvalue weighted by Gasteiger charge is -2.17. The van der Waals surface area contributed by atoms with Crippen molar-refractivity contribution in [2.24, 2.45) is 0 Å². The van der Waals surface area contributed by atoms with Gasteiger partial charge >= 0.3 is 0 Å². The molecule has 0 amide bonds. The lowest BCUT2D eigenvalue weighted by molar-refractivity contribution is 0.0933. The molecule has 96 valence electrons. The van der Waals surface area contributed by atoms with Gasteiger partial charge in [-0.1, -0.05) is 17.7 Å². The summed E-state index contributed by atoms with van der Waals surface area (Å²) in [6, 6.07) is 10.2. The van der Waals surface area contributed by atoms with Crippen LogP contribution in [0.4, 0.5) is 0 Å². The topological polar surface area (TPSA) is 46.5 Å². The molecule has 0 fully saturated rings. The van der Waals surface area contributed by atoms with Gasteiger partial charge in [0, 0.05) is 12.0 Å². The minimum absolute atomic E-state index is 0.101. The van der Waals surface area contributed by atoms with Gasteiger partial charge in [0.2, 0.25) is 0 Å². The number of hydrogen-bond acceptors (Lipinski definition) is 3. The molecule has 19 heavy (non-hydrogen) atoms. The second kappa shape index (κ2) is 4.59. The predicted molar refractivity (Wildman–Crippen MR) is 73.0 cm³/mol. The standard InChI is InChI=1S/C15H11ClO3/c16-13-8-10(17)2-4-11(13)9-1-3-12-14(18)5-6-19-15(12)7-9/h1-4,7-8,17H,5-6H2. The number of carbonyl (C=O) groups excluding carboxylic acids is 1. The van der Waals surface area contributed by atoms with Crippen molar-refractivity contribution in [1.29, 1.82) is 0 Å². The number of ketones is 1. The van der Waals surface area contributed by atoms with Gasteiger partial charge in [0.25, 0.3) is 0 Å². The van der Waals surface area contributed by atoms with Gasteiger partial charge in [0.15, 0.2) is 5.78 Å². The van der Waals surface area contributed by atoms with Crippen LogP contribution in [0, 0.1) is 0 Å². The summed E-state index contributed by atoms with van der Waals surface area (Å²) < 4.78 is 5.51. The second-order valence-electron chi connectivity index (χ2n) is 4.40. The maximum absolute atomic E-state index is 11.7. The van der Waals surface area contributed by atoms with Crippen molar-refractivity contribution in [2.45, 2.75) is 6.42 Å². The molecule has 0 radical (unpaired) electrons. The molecule has 0 aromatic heterocycles. The molecule has 0 saturated carbocycles. The third-order valence-electron chi connectivity index (χ3n) is 3.13. The highest BCUT2D eigenvalue weighted by atomic mass is 35.5. The van der Waals surface area contributed by atoms with E-state index in [9.17, 15) is 9.90 Å². The molecule has 1 aliphatic rings. The first kappa shape index (κ1) is 12.1. The van der Waals surface area contributed by atoms with Crippen LogP contribution in [-0.2, 0) is 0 Å². The number of ether oxygens (including phenoxy) is 1. The molecular weight excluding hydrogens is 264 g/mol. The smallest absolute Gasteiger partial charge is 0.169 e. The van der Waals surface area contributed by atoms with Gasteiger partial charge in [-0.3, -0.25) is 4.79 Å². The van der Waals surface area contributed by atoms with E-state index in [0.717, 1.165) is 11.1 Å². The van der Waals surface area contributed by atoms with E-state index >= 15 is 0 Å². The Labute approximate surface area is 115 Å². The number of carbonyl (C=O) groups is 1. The Hall–Kier alpha value is -2.00. The molecule has 4 heteroatoms. The zero-order valence-electron chi connectivity index (χ0n) is 10.0. The Morgan fingerprint density at radius 3 is 2.68 bits per heavy atom. The van der Waals surface area contributed by atoms with Crippen molar-refractivity contribution in [3.05, 3.63) is 47.0 Å². The molecule has 2 aromatic carbocycles. The average Bonchev–Trinajstić information content (AvgIpc) is 2.38. The first-order valence-corrected chi connectivity index (χ1v) is 6.32. The van der Waals surface area contributed by atoms with Crippen molar-refractivity contribution < 1.29 is 14.6 Å². The molecule has 3 rings (SSSR count). The molecule has 0 bridgehead atoms. The van der Waals surface area contributed by atoms with Crippen molar-refractivity contribution in [2.75, 3.05) is 6.61 Å². The molecule has 1 N–H and O–H groups in total. The summed E-state index contributed by atoms with van der Waals surface area (Å²) in [5.41, 5.74) is 2.27. The van der Waals surface area contributed by atoms with Gasteiger partial charge in [-0.05, 0) is 35.9 Å². The maximum atomic E-state index is 11.7. The fourth-order valence-corrected chi connectivity index (χ4v) is 2.45. The number of benzene rings is 2. The highest BCUT2D eigenvalue weighted by Crippen LogP contribution is 2.35. The van der Waals surface area contributed by atoms with Crippen LogP contribution < -0.4 is 4.74 Å². The van der Waals surface area contributed by atoms with Gasteiger partial charge < -0.3 is 9.84 Å². The molecule has 0 spiro atoms. The molecule has 1 aliphatic heterocycles. The molecule has 1 heterocycles. The zero-order chi connectivity index (χ0) is 13.4. The lowest BCUT2D eigenvalue weighted by Crippen LogP contribution is -2.15. The number of fused-ring (bicyclic) bond motifs is 1. The molecule has 0 unspecified atom stereocenters. The Kier molecular flexibility index (Phi) is 2.91. The van der Waals surface area contributed by atoms with E-state index in [1.807, 2.05) is 12.1 Å². The van der Waals surface area contributed by atoms with Crippen LogP contribution in [0.5, 0.6) is 11.5 Å². The van der Waals surface area contributed by atoms with E-state index in [1.54, 1.807) is 18.2 Å². The predicted octanol–water partition coefficient (Wildman–Crippen LogP) is 3.68. The monoisotopic (exact) mass is 274 g/mol. The van der Waals surface area contributed by atoms with Crippen molar-refractivity contribution in [3.63, 3.8) is 0 Å². The fraction of sp³-hybridized carbons (Fsp3) is 0.133. The quantitative estimate of drug-likeness (QED) is 0.863. The van der Waals surface area contributed by atoms with Gasteiger partial charge in [-0.25, -0.2) is 0 Å². The van der Waals surface area contributed by atoms with E-state index in [-0.39, 0.29) is 11.5 Å². The van der Waals surface area contributed by atoms with E-state index in [1.165, 1.54) is 6.07 Å². The van der Waals surface area contributed by atoms with Crippen LogP contribution in [0.15, 0.2) is 36.4 Å². The maximum Gasteiger partial charge on any atom is 0.169 e. The highest BCUT2D eigenvalue weighted by Gasteiger charge is 2.19. The zero-order valence-corrected chi connectivity index (χ0v) is 10.8. The van der Waals surface area contributed by atoms with Crippen molar-refractivity contribution >= 4 is 17.4 Å². The number of phenols is 1. The Morgan fingerprint density at radius 2 is 1.89 bits per heavy atom. The second-order valence-corrected chi connectivity index (χ2v) is 4.80. The molecular formula is C15H11ClO3. The third kappa shape index (κ3) is 2.17. The summed E-state index contributed by atoms with van der Waals surface area (Å²) in [7, 11) is 0. The largest absolute Gasteiger partial charge is 0.508 e. The summed E-state index contributed by atoms with van der Waals surface area (Å²) in [4.78, 5) is 11.7. The Balaban J connectivity index is 2.09. The van der Waals surface area contributed by atoms with Crippen molar-refractivity contribution in [3.8, 4) is 22.6 Å². The van der Waals surface area contributed by atoms with Crippen LogP contribution in [-0.4, -0.2) is 17.5 Å².